The van der Waals surface area contributed by atoms with Gasteiger partial charge in [0, 0.05) is 29.9 Å². The number of aryl methyl sites for hydroxylation is 1. The van der Waals surface area contributed by atoms with Crippen LogP contribution in [0, 0.1) is 0 Å². The van der Waals surface area contributed by atoms with E-state index in [1.165, 1.54) is 22.2 Å². The van der Waals surface area contributed by atoms with Crippen LogP contribution in [0.5, 0.6) is 0 Å². The minimum Gasteiger partial charge on any atom is -0.344 e. The summed E-state index contributed by atoms with van der Waals surface area (Å²) in [6, 6.07) is 8.49. The van der Waals surface area contributed by atoms with E-state index in [1.807, 2.05) is 0 Å². The minimum atomic E-state index is 0.591. The van der Waals surface area contributed by atoms with Crippen LogP contribution in [0.15, 0.2) is 24.3 Å². The Labute approximate surface area is 95.5 Å². The maximum atomic E-state index is 5.76. The number of para-hydroxylation sites is 1. The molecular weight excluding hydrogens is 204 g/mol. The second-order valence-corrected chi connectivity index (χ2v) is 3.91. The smallest absolute Gasteiger partial charge is 0.0528 e. The molecule has 1 aromatic heterocycles. The largest absolute Gasteiger partial charge is 0.344 e. The zero-order valence-corrected chi connectivity index (χ0v) is 9.80. The highest BCUT2D eigenvalue weighted by atomic mass is 32.1. The van der Waals surface area contributed by atoms with Gasteiger partial charge in [0.2, 0.25) is 0 Å². The molecule has 0 saturated heterocycles. The van der Waals surface area contributed by atoms with Gasteiger partial charge in [-0.1, -0.05) is 18.2 Å². The summed E-state index contributed by atoms with van der Waals surface area (Å²) >= 11 is 4.36. The van der Waals surface area contributed by atoms with Crippen molar-refractivity contribution in [3.05, 3.63) is 35.5 Å². The van der Waals surface area contributed by atoms with E-state index in [1.54, 1.807) is 0 Å². The maximum absolute atomic E-state index is 5.76. The molecular formula is C12H16N2S. The van der Waals surface area contributed by atoms with Gasteiger partial charge in [-0.2, -0.15) is 12.6 Å². The lowest BCUT2D eigenvalue weighted by Crippen LogP contribution is -2.03. The molecule has 2 nitrogen and oxygen atoms in total. The Bertz CT molecular complexity index is 474. The first-order valence-electron chi connectivity index (χ1n) is 5.22. The average molecular weight is 220 g/mol. The highest BCUT2D eigenvalue weighted by molar-refractivity contribution is 7.79. The number of thiol groups is 1. The Morgan fingerprint density at radius 1 is 1.40 bits per heavy atom. The normalized spacial score (nSPS) is 11.1. The monoisotopic (exact) mass is 220 g/mol. The van der Waals surface area contributed by atoms with Crippen LogP contribution in [0.2, 0.25) is 0 Å². The van der Waals surface area contributed by atoms with Gasteiger partial charge < -0.3 is 10.3 Å². The Morgan fingerprint density at radius 3 is 2.80 bits per heavy atom. The Hall–Kier alpha value is -0.930. The molecule has 2 rings (SSSR count). The van der Waals surface area contributed by atoms with Gasteiger partial charge in [0.1, 0.15) is 0 Å². The molecule has 0 unspecified atom stereocenters. The molecule has 80 valence electrons. The number of benzene rings is 1. The van der Waals surface area contributed by atoms with Crippen LogP contribution < -0.4 is 5.73 Å². The number of rotatable bonds is 3. The van der Waals surface area contributed by atoms with E-state index in [9.17, 15) is 0 Å². The average Bonchev–Trinajstić information content (AvgIpc) is 2.66. The number of aromatic nitrogens is 1. The molecule has 0 spiro atoms. The molecule has 0 aliphatic carbocycles. The third kappa shape index (κ3) is 1.66. The molecule has 0 aliphatic rings. The zero-order chi connectivity index (χ0) is 10.8. The fourth-order valence-corrected chi connectivity index (χ4v) is 2.38. The lowest BCUT2D eigenvalue weighted by molar-refractivity contribution is 0.762. The summed E-state index contributed by atoms with van der Waals surface area (Å²) in [6.45, 7) is 3.71. The van der Waals surface area contributed by atoms with Gasteiger partial charge >= 0.3 is 0 Å². The van der Waals surface area contributed by atoms with Gasteiger partial charge in [0.15, 0.2) is 0 Å². The van der Waals surface area contributed by atoms with Crippen molar-refractivity contribution in [2.75, 3.05) is 0 Å². The fourth-order valence-electron chi connectivity index (χ4n) is 2.11. The van der Waals surface area contributed by atoms with Gasteiger partial charge in [0.05, 0.1) is 5.52 Å². The van der Waals surface area contributed by atoms with E-state index < -0.39 is 0 Å². The number of hydrogen-bond donors (Lipinski definition) is 2. The van der Waals surface area contributed by atoms with Crippen LogP contribution in [0.1, 0.15) is 18.2 Å². The molecule has 0 fully saturated rings. The SMILES string of the molecule is CCn1c(CS)cc2cccc(CN)c21. The molecule has 0 aliphatic heterocycles. The maximum Gasteiger partial charge on any atom is 0.0528 e. The molecule has 2 N–H and O–H groups in total. The Kier molecular flexibility index (Phi) is 3.03. The van der Waals surface area contributed by atoms with Gasteiger partial charge in [-0.15, -0.1) is 0 Å². The van der Waals surface area contributed by atoms with E-state index >= 15 is 0 Å². The summed E-state index contributed by atoms with van der Waals surface area (Å²) in [4.78, 5) is 0. The minimum absolute atomic E-state index is 0.591. The van der Waals surface area contributed by atoms with Crippen LogP contribution >= 0.6 is 12.6 Å². The third-order valence-corrected chi connectivity index (χ3v) is 3.11. The van der Waals surface area contributed by atoms with Crippen LogP contribution in [0.25, 0.3) is 10.9 Å². The van der Waals surface area contributed by atoms with Gasteiger partial charge in [0.25, 0.3) is 0 Å². The molecule has 1 heterocycles. The summed E-state index contributed by atoms with van der Waals surface area (Å²) in [7, 11) is 0. The van der Waals surface area contributed by atoms with Crippen molar-refractivity contribution in [1.82, 2.24) is 4.57 Å². The summed E-state index contributed by atoms with van der Waals surface area (Å²) in [5.74, 6) is 0.770. The molecule has 2 aromatic rings. The molecule has 0 bridgehead atoms. The van der Waals surface area contributed by atoms with Crippen LogP contribution in [-0.2, 0) is 18.8 Å². The summed E-state index contributed by atoms with van der Waals surface area (Å²) in [6.07, 6.45) is 0. The first kappa shape index (κ1) is 10.6. The third-order valence-electron chi connectivity index (χ3n) is 2.79. The molecule has 0 radical (unpaired) electrons. The van der Waals surface area contributed by atoms with Crippen molar-refractivity contribution < 1.29 is 0 Å². The van der Waals surface area contributed by atoms with E-state index in [-0.39, 0.29) is 0 Å². The predicted molar refractivity (Wildman–Crippen MR) is 68.2 cm³/mol. The van der Waals surface area contributed by atoms with E-state index in [4.69, 9.17) is 5.73 Å². The van der Waals surface area contributed by atoms with Crippen molar-refractivity contribution in [2.24, 2.45) is 5.73 Å². The van der Waals surface area contributed by atoms with Crippen molar-refractivity contribution in [1.29, 1.82) is 0 Å². The molecule has 15 heavy (non-hydrogen) atoms. The lowest BCUT2D eigenvalue weighted by Gasteiger charge is -2.08. The fraction of sp³-hybridized carbons (Fsp3) is 0.333. The summed E-state index contributed by atoms with van der Waals surface area (Å²) in [5, 5.41) is 1.27. The predicted octanol–water partition coefficient (Wildman–Crippen LogP) is 2.55. The molecule has 1 aromatic carbocycles. The van der Waals surface area contributed by atoms with Crippen LogP contribution in [-0.4, -0.2) is 4.57 Å². The van der Waals surface area contributed by atoms with Crippen molar-refractivity contribution >= 4 is 23.5 Å². The summed E-state index contributed by atoms with van der Waals surface area (Å²) < 4.78 is 2.30. The van der Waals surface area contributed by atoms with E-state index in [0.29, 0.717) is 6.54 Å². The van der Waals surface area contributed by atoms with E-state index in [2.05, 4.69) is 48.4 Å². The van der Waals surface area contributed by atoms with E-state index in [0.717, 1.165) is 12.3 Å². The van der Waals surface area contributed by atoms with Crippen molar-refractivity contribution in [3.8, 4) is 0 Å². The highest BCUT2D eigenvalue weighted by Crippen LogP contribution is 2.24. The van der Waals surface area contributed by atoms with Gasteiger partial charge in [-0.3, -0.25) is 0 Å². The second kappa shape index (κ2) is 4.29. The Balaban J connectivity index is 2.78. The van der Waals surface area contributed by atoms with Crippen molar-refractivity contribution in [2.45, 2.75) is 25.8 Å². The zero-order valence-electron chi connectivity index (χ0n) is 8.90. The van der Waals surface area contributed by atoms with Gasteiger partial charge in [-0.25, -0.2) is 0 Å². The second-order valence-electron chi connectivity index (χ2n) is 3.60. The molecule has 0 saturated carbocycles. The standard InChI is InChI=1S/C12H16N2S/c1-2-14-11(8-15)6-9-4-3-5-10(7-13)12(9)14/h3-6,15H,2,7-8,13H2,1H3. The molecule has 0 amide bonds. The number of fused-ring (bicyclic) bond motifs is 1. The topological polar surface area (TPSA) is 30.9 Å². The molecule has 3 heteroatoms. The molecule has 0 atom stereocenters. The quantitative estimate of drug-likeness (QED) is 0.765. The van der Waals surface area contributed by atoms with Crippen LogP contribution in [0.3, 0.4) is 0 Å². The first-order chi connectivity index (χ1) is 7.31. The van der Waals surface area contributed by atoms with Crippen LogP contribution in [0.4, 0.5) is 0 Å². The van der Waals surface area contributed by atoms with Gasteiger partial charge in [-0.05, 0) is 18.6 Å². The van der Waals surface area contributed by atoms with Crippen molar-refractivity contribution in [3.63, 3.8) is 0 Å². The first-order valence-corrected chi connectivity index (χ1v) is 5.86. The number of nitrogens with two attached hydrogens (primary N) is 1. The number of nitrogens with zero attached hydrogens (tertiary/aromatic N) is 1. The Morgan fingerprint density at radius 2 is 2.20 bits per heavy atom. The highest BCUT2D eigenvalue weighted by Gasteiger charge is 2.08. The number of hydrogen-bond acceptors (Lipinski definition) is 2. The summed E-state index contributed by atoms with van der Waals surface area (Å²) in [5.41, 5.74) is 9.50. The lowest BCUT2D eigenvalue weighted by atomic mass is 10.1.